The van der Waals surface area contributed by atoms with Gasteiger partial charge in [-0.25, -0.2) is 0 Å². The van der Waals surface area contributed by atoms with E-state index in [0.29, 0.717) is 22.9 Å². The standard InChI is InChI=1S/C14H19N3O2S/c1-10-5-3-6-11(2)16(10)14(20)15-12-7-4-8-13(9-12)17(18)19/h4,7-11H,3,5-6H2,1-2H3,(H,15,20). The van der Waals surface area contributed by atoms with Gasteiger partial charge in [-0.3, -0.25) is 10.1 Å². The van der Waals surface area contributed by atoms with Gasteiger partial charge in [0.15, 0.2) is 5.11 Å². The van der Waals surface area contributed by atoms with Crippen molar-refractivity contribution in [2.75, 3.05) is 5.32 Å². The number of nitro benzene ring substituents is 1. The normalized spacial score (nSPS) is 22.4. The van der Waals surface area contributed by atoms with Crippen molar-refractivity contribution in [3.8, 4) is 0 Å². The van der Waals surface area contributed by atoms with Crippen LogP contribution in [0.3, 0.4) is 0 Å². The Balaban J connectivity index is 2.10. The number of hydrogen-bond acceptors (Lipinski definition) is 3. The fourth-order valence-electron chi connectivity index (χ4n) is 2.71. The molecule has 0 spiro atoms. The number of piperidine rings is 1. The Morgan fingerprint density at radius 3 is 2.65 bits per heavy atom. The summed E-state index contributed by atoms with van der Waals surface area (Å²) in [5.41, 5.74) is 0.728. The Kier molecular flexibility index (Phi) is 4.54. The first-order valence-electron chi connectivity index (χ1n) is 6.83. The van der Waals surface area contributed by atoms with Gasteiger partial charge in [0.2, 0.25) is 0 Å². The summed E-state index contributed by atoms with van der Waals surface area (Å²) in [4.78, 5) is 12.6. The molecule has 1 heterocycles. The van der Waals surface area contributed by atoms with E-state index in [-0.39, 0.29) is 5.69 Å². The molecule has 0 aliphatic carbocycles. The van der Waals surface area contributed by atoms with Crippen LogP contribution in [-0.4, -0.2) is 27.0 Å². The second-order valence-corrected chi connectivity index (χ2v) is 5.66. The first-order chi connectivity index (χ1) is 9.49. The molecule has 1 fully saturated rings. The van der Waals surface area contributed by atoms with Gasteiger partial charge < -0.3 is 10.2 Å². The molecule has 0 saturated carbocycles. The number of nitro groups is 1. The number of thiocarbonyl (C=S) groups is 1. The molecule has 2 unspecified atom stereocenters. The molecule has 1 aliphatic rings. The highest BCUT2D eigenvalue weighted by Crippen LogP contribution is 2.24. The summed E-state index contributed by atoms with van der Waals surface area (Å²) in [7, 11) is 0. The predicted octanol–water partition coefficient (Wildman–Crippen LogP) is 3.55. The third-order valence-electron chi connectivity index (χ3n) is 3.74. The van der Waals surface area contributed by atoms with Gasteiger partial charge in [-0.05, 0) is 51.4 Å². The minimum atomic E-state index is -0.402. The summed E-state index contributed by atoms with van der Waals surface area (Å²) >= 11 is 5.46. The summed E-state index contributed by atoms with van der Waals surface area (Å²) < 4.78 is 0. The lowest BCUT2D eigenvalue weighted by Gasteiger charge is -2.40. The van der Waals surface area contributed by atoms with Gasteiger partial charge in [-0.2, -0.15) is 0 Å². The SMILES string of the molecule is CC1CCCC(C)N1C(=S)Nc1cccc([N+](=O)[O-])c1. The Morgan fingerprint density at radius 2 is 2.05 bits per heavy atom. The maximum atomic E-state index is 10.8. The molecule has 6 heteroatoms. The number of nitrogens with zero attached hydrogens (tertiary/aromatic N) is 2. The van der Waals surface area contributed by atoms with Gasteiger partial charge >= 0.3 is 0 Å². The van der Waals surface area contributed by atoms with Crippen LogP contribution in [0.4, 0.5) is 11.4 Å². The molecule has 20 heavy (non-hydrogen) atoms. The van der Waals surface area contributed by atoms with Gasteiger partial charge in [0.25, 0.3) is 5.69 Å². The van der Waals surface area contributed by atoms with Gasteiger partial charge in [0, 0.05) is 29.9 Å². The summed E-state index contributed by atoms with van der Waals surface area (Å²) in [5, 5.41) is 14.5. The average Bonchev–Trinajstić information content (AvgIpc) is 2.38. The molecule has 1 N–H and O–H groups in total. The highest BCUT2D eigenvalue weighted by Gasteiger charge is 2.26. The van der Waals surface area contributed by atoms with E-state index in [1.54, 1.807) is 12.1 Å². The van der Waals surface area contributed by atoms with Crippen LogP contribution < -0.4 is 5.32 Å². The van der Waals surface area contributed by atoms with Crippen LogP contribution in [0.25, 0.3) is 0 Å². The lowest BCUT2D eigenvalue weighted by Crippen LogP contribution is -2.49. The van der Waals surface area contributed by atoms with Crippen LogP contribution in [0.1, 0.15) is 33.1 Å². The van der Waals surface area contributed by atoms with Crippen molar-refractivity contribution >= 4 is 28.7 Å². The van der Waals surface area contributed by atoms with Crippen molar-refractivity contribution in [3.63, 3.8) is 0 Å². The minimum Gasteiger partial charge on any atom is -0.344 e. The lowest BCUT2D eigenvalue weighted by molar-refractivity contribution is -0.384. The Morgan fingerprint density at radius 1 is 1.40 bits per heavy atom. The van der Waals surface area contributed by atoms with Crippen LogP contribution in [0.2, 0.25) is 0 Å². The third-order valence-corrected chi connectivity index (χ3v) is 4.05. The van der Waals surface area contributed by atoms with Gasteiger partial charge in [0.1, 0.15) is 0 Å². The molecule has 0 radical (unpaired) electrons. The first-order valence-corrected chi connectivity index (χ1v) is 7.23. The zero-order chi connectivity index (χ0) is 14.7. The van der Waals surface area contributed by atoms with Crippen molar-refractivity contribution in [2.45, 2.75) is 45.2 Å². The van der Waals surface area contributed by atoms with Gasteiger partial charge in [0.05, 0.1) is 4.92 Å². The van der Waals surface area contributed by atoms with Crippen molar-refractivity contribution in [1.29, 1.82) is 0 Å². The molecular formula is C14H19N3O2S. The average molecular weight is 293 g/mol. The molecule has 2 atom stereocenters. The van der Waals surface area contributed by atoms with Crippen LogP contribution >= 0.6 is 12.2 Å². The number of non-ortho nitro benzene ring substituents is 1. The molecule has 1 saturated heterocycles. The zero-order valence-corrected chi connectivity index (χ0v) is 12.5. The molecule has 1 aromatic rings. The molecule has 1 aromatic carbocycles. The van der Waals surface area contributed by atoms with E-state index in [1.165, 1.54) is 18.6 Å². The largest absolute Gasteiger partial charge is 0.344 e. The second-order valence-electron chi connectivity index (χ2n) is 5.27. The fraction of sp³-hybridized carbons (Fsp3) is 0.500. The topological polar surface area (TPSA) is 58.4 Å². The van der Waals surface area contributed by atoms with Crippen molar-refractivity contribution in [2.24, 2.45) is 0 Å². The van der Waals surface area contributed by atoms with Crippen molar-refractivity contribution in [3.05, 3.63) is 34.4 Å². The van der Waals surface area contributed by atoms with E-state index < -0.39 is 4.92 Å². The zero-order valence-electron chi connectivity index (χ0n) is 11.7. The van der Waals surface area contributed by atoms with E-state index in [2.05, 4.69) is 24.1 Å². The van der Waals surface area contributed by atoms with Crippen LogP contribution in [0.5, 0.6) is 0 Å². The number of rotatable bonds is 2. The number of benzene rings is 1. The monoisotopic (exact) mass is 293 g/mol. The molecule has 0 amide bonds. The predicted molar refractivity (Wildman–Crippen MR) is 83.9 cm³/mol. The molecule has 108 valence electrons. The van der Waals surface area contributed by atoms with E-state index in [1.807, 2.05) is 0 Å². The van der Waals surface area contributed by atoms with E-state index in [9.17, 15) is 10.1 Å². The van der Waals surface area contributed by atoms with E-state index >= 15 is 0 Å². The highest BCUT2D eigenvalue weighted by atomic mass is 32.1. The fourth-order valence-corrected chi connectivity index (χ4v) is 3.18. The molecular weight excluding hydrogens is 274 g/mol. The maximum Gasteiger partial charge on any atom is 0.271 e. The summed E-state index contributed by atoms with van der Waals surface area (Å²) in [6, 6.07) is 7.23. The Hall–Kier alpha value is -1.69. The van der Waals surface area contributed by atoms with Crippen molar-refractivity contribution < 1.29 is 4.92 Å². The second kappa shape index (κ2) is 6.17. The number of hydrogen-bond donors (Lipinski definition) is 1. The first kappa shape index (κ1) is 14.7. The Labute approximate surface area is 124 Å². The van der Waals surface area contributed by atoms with Crippen molar-refractivity contribution in [1.82, 2.24) is 4.90 Å². The molecule has 5 nitrogen and oxygen atoms in total. The smallest absolute Gasteiger partial charge is 0.271 e. The Bertz CT molecular complexity index is 511. The highest BCUT2D eigenvalue weighted by molar-refractivity contribution is 7.80. The van der Waals surface area contributed by atoms with Crippen LogP contribution in [0.15, 0.2) is 24.3 Å². The van der Waals surface area contributed by atoms with Gasteiger partial charge in [-0.15, -0.1) is 0 Å². The third kappa shape index (κ3) is 3.25. The number of likely N-dealkylation sites (tertiary alicyclic amines) is 1. The molecule has 1 aliphatic heterocycles. The minimum absolute atomic E-state index is 0.0672. The summed E-state index contributed by atoms with van der Waals surface area (Å²) in [5.74, 6) is 0. The van der Waals surface area contributed by atoms with Crippen LogP contribution in [-0.2, 0) is 0 Å². The molecule has 0 bridgehead atoms. The summed E-state index contributed by atoms with van der Waals surface area (Å²) in [6.45, 7) is 4.33. The quantitative estimate of drug-likeness (QED) is 0.513. The van der Waals surface area contributed by atoms with E-state index in [0.717, 1.165) is 12.8 Å². The maximum absolute atomic E-state index is 10.8. The van der Waals surface area contributed by atoms with E-state index in [4.69, 9.17) is 12.2 Å². The summed E-state index contributed by atoms with van der Waals surface area (Å²) in [6.07, 6.45) is 3.47. The lowest BCUT2D eigenvalue weighted by atomic mass is 9.98. The number of nitrogens with one attached hydrogen (secondary N) is 1. The molecule has 2 rings (SSSR count). The number of anilines is 1. The van der Waals surface area contributed by atoms with Crippen LogP contribution in [0, 0.1) is 10.1 Å². The van der Waals surface area contributed by atoms with Gasteiger partial charge in [-0.1, -0.05) is 6.07 Å². The molecule has 0 aromatic heterocycles.